The Bertz CT molecular complexity index is 482. The second-order valence-electron chi connectivity index (χ2n) is 3.19. The maximum Gasteiger partial charge on any atom is 0.186 e. The zero-order valence-corrected chi connectivity index (χ0v) is 9.74. The maximum atomic E-state index is 11.4. The molecule has 1 atom stereocenters. The minimum atomic E-state index is -2.17. The molecule has 0 saturated carbocycles. The van der Waals surface area contributed by atoms with Gasteiger partial charge in [0.15, 0.2) is 7.15 Å². The fourth-order valence-electron chi connectivity index (χ4n) is 1.52. The highest BCUT2D eigenvalue weighted by Crippen LogP contribution is 2.31. The van der Waals surface area contributed by atoms with Gasteiger partial charge in [-0.15, -0.1) is 0 Å². The van der Waals surface area contributed by atoms with E-state index in [1.54, 1.807) is 0 Å². The Labute approximate surface area is 94.3 Å². The summed E-state index contributed by atoms with van der Waals surface area (Å²) in [5.41, 5.74) is 2.00. The summed E-state index contributed by atoms with van der Waals surface area (Å²) in [7, 11) is -2.17. The van der Waals surface area contributed by atoms with Crippen LogP contribution in [-0.4, -0.2) is 0 Å². The van der Waals surface area contributed by atoms with Crippen LogP contribution in [0.25, 0.3) is 11.1 Å². The van der Waals surface area contributed by atoms with Crippen LogP contribution in [0, 0.1) is 0 Å². The Morgan fingerprint density at radius 1 is 0.867 bits per heavy atom. The molecular weight excluding hydrogens is 227 g/mol. The fraction of sp³-hybridized carbons (Fsp3) is 0. The summed E-state index contributed by atoms with van der Waals surface area (Å²) in [6.07, 6.45) is 0. The van der Waals surface area contributed by atoms with Gasteiger partial charge in [0.2, 0.25) is 0 Å². The zero-order chi connectivity index (χ0) is 10.7. The van der Waals surface area contributed by atoms with E-state index in [-0.39, 0.29) is 0 Å². The summed E-state index contributed by atoms with van der Waals surface area (Å²) >= 11 is 5.70. The fourth-order valence-corrected chi connectivity index (χ4v) is 2.69. The molecule has 0 aromatic heterocycles. The first-order valence-electron chi connectivity index (χ1n) is 4.63. The standard InChI is InChI=1S/C12H10ClOP/c13-15(14)12-9-5-4-8-11(12)10-6-2-1-3-7-10/h1-9,15H. The Hall–Kier alpha value is -1.04. The minimum Gasteiger partial charge on any atom is -0.305 e. The van der Waals surface area contributed by atoms with Crippen LogP contribution in [0.5, 0.6) is 0 Å². The Morgan fingerprint density at radius 3 is 2.13 bits per heavy atom. The maximum absolute atomic E-state index is 11.4. The van der Waals surface area contributed by atoms with E-state index in [0.717, 1.165) is 16.4 Å². The van der Waals surface area contributed by atoms with Crippen LogP contribution < -0.4 is 5.30 Å². The van der Waals surface area contributed by atoms with Gasteiger partial charge in [-0.3, -0.25) is 0 Å². The summed E-state index contributed by atoms with van der Waals surface area (Å²) in [6, 6.07) is 17.4. The molecule has 0 saturated heterocycles. The summed E-state index contributed by atoms with van der Waals surface area (Å²) in [5.74, 6) is 0. The van der Waals surface area contributed by atoms with E-state index < -0.39 is 7.15 Å². The number of hydrogen-bond acceptors (Lipinski definition) is 1. The van der Waals surface area contributed by atoms with Gasteiger partial charge in [0, 0.05) is 5.30 Å². The summed E-state index contributed by atoms with van der Waals surface area (Å²) < 4.78 is 11.4. The van der Waals surface area contributed by atoms with Gasteiger partial charge >= 0.3 is 0 Å². The molecule has 0 aliphatic heterocycles. The van der Waals surface area contributed by atoms with E-state index >= 15 is 0 Å². The molecule has 0 aliphatic carbocycles. The van der Waals surface area contributed by atoms with Crippen molar-refractivity contribution in [1.82, 2.24) is 0 Å². The molecule has 0 aliphatic rings. The van der Waals surface area contributed by atoms with Crippen molar-refractivity contribution in [3.05, 3.63) is 54.6 Å². The lowest BCUT2D eigenvalue weighted by atomic mass is 10.1. The van der Waals surface area contributed by atoms with Crippen molar-refractivity contribution in [3.63, 3.8) is 0 Å². The molecule has 0 radical (unpaired) electrons. The van der Waals surface area contributed by atoms with Gasteiger partial charge in [-0.1, -0.05) is 59.8 Å². The van der Waals surface area contributed by atoms with E-state index in [1.165, 1.54) is 0 Å². The molecule has 2 rings (SSSR count). The van der Waals surface area contributed by atoms with E-state index in [4.69, 9.17) is 11.2 Å². The van der Waals surface area contributed by atoms with Crippen molar-refractivity contribution in [1.29, 1.82) is 0 Å². The van der Waals surface area contributed by atoms with Gasteiger partial charge in [-0.05, 0) is 17.2 Å². The highest BCUT2D eigenvalue weighted by atomic mass is 35.7. The number of hydrogen-bond donors (Lipinski definition) is 0. The number of benzene rings is 2. The lowest BCUT2D eigenvalue weighted by Crippen LogP contribution is -1.98. The van der Waals surface area contributed by atoms with Crippen LogP contribution in [0.3, 0.4) is 0 Å². The average molecular weight is 237 g/mol. The van der Waals surface area contributed by atoms with Gasteiger partial charge in [-0.2, -0.15) is 0 Å². The van der Waals surface area contributed by atoms with Gasteiger partial charge < -0.3 is 4.57 Å². The van der Waals surface area contributed by atoms with Crippen LogP contribution in [0.15, 0.2) is 54.6 Å². The largest absolute Gasteiger partial charge is 0.305 e. The second kappa shape index (κ2) is 4.65. The topological polar surface area (TPSA) is 17.1 Å². The van der Waals surface area contributed by atoms with Crippen molar-refractivity contribution in [3.8, 4) is 11.1 Å². The Kier molecular flexibility index (Phi) is 3.25. The first-order valence-corrected chi connectivity index (χ1v) is 7.05. The molecule has 0 fully saturated rings. The predicted molar refractivity (Wildman–Crippen MR) is 66.4 cm³/mol. The smallest absolute Gasteiger partial charge is 0.186 e. The third-order valence-electron chi connectivity index (χ3n) is 2.22. The van der Waals surface area contributed by atoms with E-state index in [9.17, 15) is 4.57 Å². The number of rotatable bonds is 2. The molecule has 0 amide bonds. The van der Waals surface area contributed by atoms with Crippen LogP contribution in [-0.2, 0) is 4.57 Å². The van der Waals surface area contributed by atoms with Gasteiger partial charge in [0.1, 0.15) is 0 Å². The van der Waals surface area contributed by atoms with Gasteiger partial charge in [0.05, 0.1) is 0 Å². The van der Waals surface area contributed by atoms with E-state index in [0.29, 0.717) is 0 Å². The Morgan fingerprint density at radius 2 is 1.47 bits per heavy atom. The van der Waals surface area contributed by atoms with E-state index in [2.05, 4.69) is 0 Å². The average Bonchev–Trinajstić information content (AvgIpc) is 2.30. The normalized spacial score (nSPS) is 12.3. The first-order chi connectivity index (χ1) is 7.29. The molecule has 0 spiro atoms. The zero-order valence-electron chi connectivity index (χ0n) is 7.98. The molecule has 0 heterocycles. The monoisotopic (exact) mass is 236 g/mol. The third kappa shape index (κ3) is 2.31. The molecule has 0 bridgehead atoms. The second-order valence-corrected chi connectivity index (χ2v) is 5.30. The third-order valence-corrected chi connectivity index (χ3v) is 3.69. The van der Waals surface area contributed by atoms with Crippen molar-refractivity contribution in [2.75, 3.05) is 0 Å². The summed E-state index contributed by atoms with van der Waals surface area (Å²) in [4.78, 5) is 0. The molecule has 1 unspecified atom stereocenters. The molecule has 2 aromatic carbocycles. The summed E-state index contributed by atoms with van der Waals surface area (Å²) in [5, 5.41) is 0.732. The highest BCUT2D eigenvalue weighted by Gasteiger charge is 2.07. The lowest BCUT2D eigenvalue weighted by Gasteiger charge is -2.05. The number of halogens is 1. The quantitative estimate of drug-likeness (QED) is 0.727. The molecule has 0 N–H and O–H groups in total. The predicted octanol–water partition coefficient (Wildman–Crippen LogP) is 3.69. The van der Waals surface area contributed by atoms with Gasteiger partial charge in [0.25, 0.3) is 0 Å². The SMILES string of the molecule is O=[PH](Cl)c1ccccc1-c1ccccc1. The molecule has 1 nitrogen and oxygen atoms in total. The molecule has 2 aromatic rings. The van der Waals surface area contributed by atoms with Crippen molar-refractivity contribution in [2.24, 2.45) is 0 Å². The van der Waals surface area contributed by atoms with Crippen molar-refractivity contribution >= 4 is 23.7 Å². The Balaban J connectivity index is 2.58. The van der Waals surface area contributed by atoms with Crippen molar-refractivity contribution in [2.45, 2.75) is 0 Å². The van der Waals surface area contributed by atoms with Crippen LogP contribution >= 0.6 is 18.4 Å². The van der Waals surface area contributed by atoms with Crippen LogP contribution in [0.2, 0.25) is 0 Å². The molecule has 3 heteroatoms. The van der Waals surface area contributed by atoms with Crippen LogP contribution in [0.4, 0.5) is 0 Å². The molecule has 15 heavy (non-hydrogen) atoms. The molecule has 76 valence electrons. The van der Waals surface area contributed by atoms with Crippen LogP contribution in [0.1, 0.15) is 0 Å². The molecular formula is C12H10ClOP. The van der Waals surface area contributed by atoms with E-state index in [1.807, 2.05) is 54.6 Å². The van der Waals surface area contributed by atoms with Crippen molar-refractivity contribution < 1.29 is 4.57 Å². The lowest BCUT2D eigenvalue weighted by molar-refractivity contribution is 0.600. The minimum absolute atomic E-state index is 0.732. The first kappa shape index (κ1) is 10.5. The van der Waals surface area contributed by atoms with Gasteiger partial charge in [-0.25, -0.2) is 0 Å². The highest BCUT2D eigenvalue weighted by molar-refractivity contribution is 7.80. The summed E-state index contributed by atoms with van der Waals surface area (Å²) in [6.45, 7) is 0.